The number of benzene rings is 1. The molecule has 1 aromatic carbocycles. The number of nitrogens with zero attached hydrogens (tertiary/aromatic N) is 4. The van der Waals surface area contributed by atoms with Crippen LogP contribution in [0.2, 0.25) is 19.6 Å². The molecule has 0 unspecified atom stereocenters. The Morgan fingerprint density at radius 3 is 2.48 bits per heavy atom. The average Bonchev–Trinajstić information content (AvgIpc) is 2.54. The van der Waals surface area contributed by atoms with Crippen molar-refractivity contribution < 1.29 is 4.43 Å². The fraction of sp³-hybridized carbons (Fsp3) is 0.235. The molecule has 0 bridgehead atoms. The van der Waals surface area contributed by atoms with E-state index in [1.165, 1.54) is 0 Å². The standard InChI is InChI=1S/C17H20N4OSi/c1-23(2,3)22-13-21-16(20-14-7-5-4-6-8-14)10-9-15-17(21)19-12-11-18-15/h4-12H,13H2,1-3H3/b20-16+. The van der Waals surface area contributed by atoms with Crippen LogP contribution in [0.25, 0.3) is 11.2 Å². The van der Waals surface area contributed by atoms with Crippen molar-refractivity contribution in [3.8, 4) is 0 Å². The summed E-state index contributed by atoms with van der Waals surface area (Å²) in [6.45, 7) is 6.92. The van der Waals surface area contributed by atoms with Crippen molar-refractivity contribution in [3.05, 3.63) is 60.3 Å². The molecule has 0 fully saturated rings. The first-order chi connectivity index (χ1) is 11.0. The molecule has 0 saturated heterocycles. The molecule has 0 radical (unpaired) electrons. The third kappa shape index (κ3) is 3.91. The van der Waals surface area contributed by atoms with Gasteiger partial charge in [-0.1, -0.05) is 18.2 Å². The highest BCUT2D eigenvalue weighted by Gasteiger charge is 2.15. The Morgan fingerprint density at radius 2 is 1.74 bits per heavy atom. The largest absolute Gasteiger partial charge is 0.400 e. The second kappa shape index (κ2) is 6.43. The maximum atomic E-state index is 6.08. The summed E-state index contributed by atoms with van der Waals surface area (Å²) in [5.74, 6) is 0. The van der Waals surface area contributed by atoms with Crippen LogP contribution in [0.15, 0.2) is 59.9 Å². The Balaban J connectivity index is 2.15. The molecule has 0 aliphatic heterocycles. The van der Waals surface area contributed by atoms with Gasteiger partial charge in [-0.2, -0.15) is 0 Å². The highest BCUT2D eigenvalue weighted by Crippen LogP contribution is 2.11. The highest BCUT2D eigenvalue weighted by molar-refractivity contribution is 6.69. The van der Waals surface area contributed by atoms with E-state index < -0.39 is 8.32 Å². The van der Waals surface area contributed by atoms with Crippen LogP contribution in [-0.4, -0.2) is 22.9 Å². The fourth-order valence-corrected chi connectivity index (χ4v) is 2.65. The summed E-state index contributed by atoms with van der Waals surface area (Å²) in [6.07, 6.45) is 3.39. The molecule has 0 aliphatic carbocycles. The number of hydrogen-bond donors (Lipinski definition) is 0. The van der Waals surface area contributed by atoms with E-state index in [1.807, 2.05) is 47.0 Å². The molecular weight excluding hydrogens is 304 g/mol. The molecule has 0 N–H and O–H groups in total. The molecule has 0 atom stereocenters. The molecule has 3 aromatic rings. The summed E-state index contributed by atoms with van der Waals surface area (Å²) in [5.41, 5.74) is 3.32. The van der Waals surface area contributed by atoms with Crippen molar-refractivity contribution in [1.29, 1.82) is 0 Å². The van der Waals surface area contributed by atoms with Gasteiger partial charge < -0.3 is 4.43 Å². The average molecular weight is 324 g/mol. The van der Waals surface area contributed by atoms with E-state index >= 15 is 0 Å². The summed E-state index contributed by atoms with van der Waals surface area (Å²) < 4.78 is 8.06. The number of pyridine rings is 1. The summed E-state index contributed by atoms with van der Waals surface area (Å²) in [4.78, 5) is 13.5. The summed E-state index contributed by atoms with van der Waals surface area (Å²) in [5, 5.41) is 0. The van der Waals surface area contributed by atoms with Crippen LogP contribution in [0.4, 0.5) is 5.69 Å². The van der Waals surface area contributed by atoms with Crippen LogP contribution in [0, 0.1) is 0 Å². The van der Waals surface area contributed by atoms with E-state index in [-0.39, 0.29) is 0 Å². The number of fused-ring (bicyclic) bond motifs is 1. The fourth-order valence-electron chi connectivity index (χ4n) is 2.14. The first-order valence-electron chi connectivity index (χ1n) is 7.57. The molecular formula is C17H20N4OSi. The van der Waals surface area contributed by atoms with Crippen LogP contribution in [0.1, 0.15) is 0 Å². The number of para-hydroxylation sites is 1. The summed E-state index contributed by atoms with van der Waals surface area (Å²) in [7, 11) is -1.65. The smallest absolute Gasteiger partial charge is 0.186 e. The highest BCUT2D eigenvalue weighted by atomic mass is 28.4. The summed E-state index contributed by atoms with van der Waals surface area (Å²) >= 11 is 0. The lowest BCUT2D eigenvalue weighted by atomic mass is 10.3. The first kappa shape index (κ1) is 15.6. The van der Waals surface area contributed by atoms with Crippen molar-refractivity contribution >= 4 is 25.2 Å². The third-order valence-corrected chi connectivity index (χ3v) is 4.25. The number of rotatable bonds is 4. The maximum absolute atomic E-state index is 6.08. The van der Waals surface area contributed by atoms with Gasteiger partial charge in [-0.05, 0) is 43.9 Å². The topological polar surface area (TPSA) is 52.3 Å². The zero-order valence-corrected chi connectivity index (χ0v) is 14.6. The molecule has 2 heterocycles. The molecule has 6 heteroatoms. The van der Waals surface area contributed by atoms with Gasteiger partial charge in [0.05, 0.1) is 5.69 Å². The van der Waals surface area contributed by atoms with Crippen LogP contribution in [0.5, 0.6) is 0 Å². The molecule has 3 rings (SSSR count). The Labute approximate surface area is 136 Å². The lowest BCUT2D eigenvalue weighted by Crippen LogP contribution is -2.31. The van der Waals surface area contributed by atoms with Crippen molar-refractivity contribution in [2.45, 2.75) is 26.4 Å². The molecule has 0 amide bonds. The van der Waals surface area contributed by atoms with Gasteiger partial charge in [0.2, 0.25) is 0 Å². The van der Waals surface area contributed by atoms with Crippen molar-refractivity contribution in [1.82, 2.24) is 14.5 Å². The Bertz CT molecular complexity index is 869. The van der Waals surface area contributed by atoms with Crippen molar-refractivity contribution in [2.75, 3.05) is 0 Å². The van der Waals surface area contributed by atoms with Gasteiger partial charge >= 0.3 is 0 Å². The van der Waals surface area contributed by atoms with Crippen LogP contribution < -0.4 is 5.49 Å². The van der Waals surface area contributed by atoms with Crippen LogP contribution in [0.3, 0.4) is 0 Å². The number of hydrogen-bond acceptors (Lipinski definition) is 4. The lowest BCUT2D eigenvalue weighted by molar-refractivity contribution is 0.228. The molecule has 2 aromatic heterocycles. The van der Waals surface area contributed by atoms with Gasteiger partial charge in [-0.25, -0.2) is 9.98 Å². The monoisotopic (exact) mass is 324 g/mol. The minimum atomic E-state index is -1.65. The zero-order valence-electron chi connectivity index (χ0n) is 13.6. The SMILES string of the molecule is C[Si](C)(C)OCn1/c(=N/c2ccccc2)ccc2nccnc21. The second-order valence-corrected chi connectivity index (χ2v) is 10.7. The van der Waals surface area contributed by atoms with E-state index in [0.717, 1.165) is 22.3 Å². The molecule has 0 saturated carbocycles. The van der Waals surface area contributed by atoms with Crippen LogP contribution in [-0.2, 0) is 11.2 Å². The van der Waals surface area contributed by atoms with Crippen LogP contribution >= 0.6 is 0 Å². The van der Waals surface area contributed by atoms with E-state index in [4.69, 9.17) is 9.42 Å². The van der Waals surface area contributed by atoms with Crippen molar-refractivity contribution in [2.24, 2.45) is 4.99 Å². The molecule has 23 heavy (non-hydrogen) atoms. The van der Waals surface area contributed by atoms with E-state index in [2.05, 4.69) is 29.6 Å². The third-order valence-electron chi connectivity index (χ3n) is 3.26. The first-order valence-corrected chi connectivity index (χ1v) is 11.0. The van der Waals surface area contributed by atoms with Gasteiger partial charge in [0.1, 0.15) is 17.7 Å². The predicted octanol–water partition coefficient (Wildman–Crippen LogP) is 3.47. The van der Waals surface area contributed by atoms with Gasteiger partial charge in [-0.3, -0.25) is 9.55 Å². The Morgan fingerprint density at radius 1 is 1.00 bits per heavy atom. The Hall–Kier alpha value is -2.31. The predicted molar refractivity (Wildman–Crippen MR) is 93.6 cm³/mol. The molecule has 118 valence electrons. The quantitative estimate of drug-likeness (QED) is 0.691. The normalized spacial score (nSPS) is 12.7. The minimum absolute atomic E-state index is 0.428. The van der Waals surface area contributed by atoms with Crippen molar-refractivity contribution in [3.63, 3.8) is 0 Å². The van der Waals surface area contributed by atoms with Gasteiger partial charge in [-0.15, -0.1) is 0 Å². The van der Waals surface area contributed by atoms with Gasteiger partial charge in [0.15, 0.2) is 14.0 Å². The lowest BCUT2D eigenvalue weighted by Gasteiger charge is -2.19. The minimum Gasteiger partial charge on any atom is -0.400 e. The molecule has 0 spiro atoms. The van der Waals surface area contributed by atoms with E-state index in [9.17, 15) is 0 Å². The maximum Gasteiger partial charge on any atom is 0.186 e. The number of aromatic nitrogens is 3. The molecule has 0 aliphatic rings. The van der Waals surface area contributed by atoms with E-state index in [1.54, 1.807) is 12.4 Å². The van der Waals surface area contributed by atoms with E-state index in [0.29, 0.717) is 6.73 Å². The summed E-state index contributed by atoms with van der Waals surface area (Å²) in [6, 6.07) is 13.8. The molecule has 5 nitrogen and oxygen atoms in total. The van der Waals surface area contributed by atoms with Gasteiger partial charge in [0, 0.05) is 12.4 Å². The van der Waals surface area contributed by atoms with Gasteiger partial charge in [0.25, 0.3) is 0 Å². The second-order valence-electron chi connectivity index (χ2n) is 6.22. The Kier molecular flexibility index (Phi) is 4.36. The zero-order chi connectivity index (χ0) is 16.3.